The van der Waals surface area contributed by atoms with Gasteiger partial charge in [0.2, 0.25) is 5.91 Å². The lowest BCUT2D eigenvalue weighted by Gasteiger charge is -2.06. The highest BCUT2D eigenvalue weighted by atomic mass is 16.2. The third kappa shape index (κ3) is 3.31. The molecule has 0 saturated carbocycles. The Hall–Kier alpha value is -2.57. The summed E-state index contributed by atoms with van der Waals surface area (Å²) in [5, 5.41) is 5.22. The molecule has 7 nitrogen and oxygen atoms in total. The monoisotopic (exact) mass is 290 g/mol. The highest BCUT2D eigenvalue weighted by Crippen LogP contribution is 2.11. The zero-order valence-corrected chi connectivity index (χ0v) is 12.0. The SMILES string of the molecule is CCCNC(=O)CNC(=O)c1ccc2c(c1)[nH]c(=O)n2C. The molecule has 1 heterocycles. The topological polar surface area (TPSA) is 96.0 Å². The summed E-state index contributed by atoms with van der Waals surface area (Å²) < 4.78 is 1.47. The van der Waals surface area contributed by atoms with E-state index in [9.17, 15) is 14.4 Å². The number of fused-ring (bicyclic) bond motifs is 1. The van der Waals surface area contributed by atoms with Crippen LogP contribution < -0.4 is 16.3 Å². The van der Waals surface area contributed by atoms with E-state index in [0.717, 1.165) is 11.9 Å². The largest absolute Gasteiger partial charge is 0.355 e. The number of hydrogen-bond donors (Lipinski definition) is 3. The smallest absolute Gasteiger partial charge is 0.326 e. The quantitative estimate of drug-likeness (QED) is 0.730. The van der Waals surface area contributed by atoms with Crippen LogP contribution in [0, 0.1) is 0 Å². The van der Waals surface area contributed by atoms with Crippen LogP contribution in [0.2, 0.25) is 0 Å². The average Bonchev–Trinajstić information content (AvgIpc) is 2.77. The van der Waals surface area contributed by atoms with Crippen molar-refractivity contribution in [3.63, 3.8) is 0 Å². The molecule has 2 amide bonds. The van der Waals surface area contributed by atoms with E-state index in [4.69, 9.17) is 0 Å². The molecule has 21 heavy (non-hydrogen) atoms. The number of H-pyrrole nitrogens is 1. The number of nitrogens with zero attached hydrogens (tertiary/aromatic N) is 1. The number of carbonyl (C=O) groups excluding carboxylic acids is 2. The number of hydrogen-bond acceptors (Lipinski definition) is 3. The Morgan fingerprint density at radius 1 is 1.29 bits per heavy atom. The summed E-state index contributed by atoms with van der Waals surface area (Å²) in [6.45, 7) is 2.48. The Kier molecular flexibility index (Phi) is 4.42. The van der Waals surface area contributed by atoms with Crippen LogP contribution in [0.15, 0.2) is 23.0 Å². The molecule has 0 radical (unpaired) electrons. The molecule has 0 aliphatic heterocycles. The van der Waals surface area contributed by atoms with Gasteiger partial charge < -0.3 is 15.6 Å². The van der Waals surface area contributed by atoms with Gasteiger partial charge in [-0.25, -0.2) is 4.79 Å². The summed E-state index contributed by atoms with van der Waals surface area (Å²) in [7, 11) is 1.65. The maximum atomic E-state index is 12.0. The van der Waals surface area contributed by atoms with Gasteiger partial charge in [-0.05, 0) is 24.6 Å². The number of nitrogens with one attached hydrogen (secondary N) is 3. The van der Waals surface area contributed by atoms with Gasteiger partial charge in [0.1, 0.15) is 0 Å². The van der Waals surface area contributed by atoms with Crippen molar-refractivity contribution in [1.29, 1.82) is 0 Å². The fourth-order valence-corrected chi connectivity index (χ4v) is 1.97. The van der Waals surface area contributed by atoms with E-state index in [0.29, 0.717) is 17.6 Å². The van der Waals surface area contributed by atoms with Crippen molar-refractivity contribution in [3.8, 4) is 0 Å². The van der Waals surface area contributed by atoms with Crippen LogP contribution >= 0.6 is 0 Å². The van der Waals surface area contributed by atoms with Gasteiger partial charge in [0.25, 0.3) is 5.91 Å². The van der Waals surface area contributed by atoms with Crippen molar-refractivity contribution in [2.75, 3.05) is 13.1 Å². The Balaban J connectivity index is 2.06. The Morgan fingerprint density at radius 2 is 2.05 bits per heavy atom. The number of carbonyl (C=O) groups is 2. The molecule has 0 saturated heterocycles. The van der Waals surface area contributed by atoms with Crippen LogP contribution in [-0.4, -0.2) is 34.5 Å². The molecular formula is C14H18N4O3. The summed E-state index contributed by atoms with van der Waals surface area (Å²) in [6, 6.07) is 4.91. The van der Waals surface area contributed by atoms with Crippen LogP contribution in [0.4, 0.5) is 0 Å². The number of imidazole rings is 1. The van der Waals surface area contributed by atoms with E-state index in [1.165, 1.54) is 4.57 Å². The fraction of sp³-hybridized carbons (Fsp3) is 0.357. The first-order chi connectivity index (χ1) is 10.0. The van der Waals surface area contributed by atoms with Gasteiger partial charge in [0.15, 0.2) is 0 Å². The molecule has 112 valence electrons. The molecule has 0 bridgehead atoms. The minimum absolute atomic E-state index is 0.0673. The molecule has 1 aromatic heterocycles. The maximum absolute atomic E-state index is 12.0. The molecule has 2 rings (SSSR count). The fourth-order valence-electron chi connectivity index (χ4n) is 1.97. The number of benzene rings is 1. The van der Waals surface area contributed by atoms with Gasteiger partial charge in [0, 0.05) is 19.2 Å². The van der Waals surface area contributed by atoms with E-state index in [1.54, 1.807) is 25.2 Å². The first kappa shape index (κ1) is 14.8. The second-order valence-electron chi connectivity index (χ2n) is 4.75. The molecule has 1 aromatic carbocycles. The molecular weight excluding hydrogens is 272 g/mol. The summed E-state index contributed by atoms with van der Waals surface area (Å²) in [5.74, 6) is -0.576. The summed E-state index contributed by atoms with van der Waals surface area (Å²) in [4.78, 5) is 37.5. The van der Waals surface area contributed by atoms with Gasteiger partial charge in [-0.1, -0.05) is 6.92 Å². The number of amides is 2. The second-order valence-corrected chi connectivity index (χ2v) is 4.75. The van der Waals surface area contributed by atoms with E-state index >= 15 is 0 Å². The third-order valence-electron chi connectivity index (χ3n) is 3.15. The molecule has 0 atom stereocenters. The maximum Gasteiger partial charge on any atom is 0.326 e. The summed E-state index contributed by atoms with van der Waals surface area (Å²) >= 11 is 0. The van der Waals surface area contributed by atoms with Crippen molar-refractivity contribution in [2.24, 2.45) is 7.05 Å². The van der Waals surface area contributed by atoms with Crippen LogP contribution in [-0.2, 0) is 11.8 Å². The Bertz CT molecular complexity index is 729. The minimum Gasteiger partial charge on any atom is -0.355 e. The highest BCUT2D eigenvalue weighted by molar-refractivity contribution is 5.99. The van der Waals surface area contributed by atoms with Crippen LogP contribution in [0.1, 0.15) is 23.7 Å². The van der Waals surface area contributed by atoms with Gasteiger partial charge in [0.05, 0.1) is 17.6 Å². The van der Waals surface area contributed by atoms with Gasteiger partial charge in [-0.2, -0.15) is 0 Å². The van der Waals surface area contributed by atoms with E-state index < -0.39 is 0 Å². The third-order valence-corrected chi connectivity index (χ3v) is 3.15. The van der Waals surface area contributed by atoms with Crippen molar-refractivity contribution >= 4 is 22.8 Å². The van der Waals surface area contributed by atoms with Crippen LogP contribution in [0.3, 0.4) is 0 Å². The molecule has 0 aliphatic carbocycles. The molecule has 0 fully saturated rings. The normalized spacial score (nSPS) is 10.6. The van der Waals surface area contributed by atoms with Crippen molar-refractivity contribution in [3.05, 3.63) is 34.2 Å². The van der Waals surface area contributed by atoms with E-state index in [2.05, 4.69) is 15.6 Å². The number of aromatic amines is 1. The molecule has 7 heteroatoms. The van der Waals surface area contributed by atoms with Crippen LogP contribution in [0.25, 0.3) is 11.0 Å². The molecule has 0 spiro atoms. The molecule has 3 N–H and O–H groups in total. The van der Waals surface area contributed by atoms with Crippen molar-refractivity contribution in [2.45, 2.75) is 13.3 Å². The number of aryl methyl sites for hydroxylation is 1. The Morgan fingerprint density at radius 3 is 2.76 bits per heavy atom. The van der Waals surface area contributed by atoms with Crippen molar-refractivity contribution in [1.82, 2.24) is 20.2 Å². The lowest BCUT2D eigenvalue weighted by Crippen LogP contribution is -2.37. The van der Waals surface area contributed by atoms with Crippen molar-refractivity contribution < 1.29 is 9.59 Å². The standard InChI is InChI=1S/C14H18N4O3/c1-3-6-15-12(19)8-16-13(20)9-4-5-11-10(7-9)17-14(21)18(11)2/h4-5,7H,3,6,8H2,1-2H3,(H,15,19)(H,16,20)(H,17,21). The van der Waals surface area contributed by atoms with E-state index in [-0.39, 0.29) is 24.0 Å². The van der Waals surface area contributed by atoms with Gasteiger partial charge in [-0.15, -0.1) is 0 Å². The Labute approximate surface area is 121 Å². The average molecular weight is 290 g/mol. The summed E-state index contributed by atoms with van der Waals surface area (Å²) in [5.41, 5.74) is 1.47. The molecule has 2 aromatic rings. The summed E-state index contributed by atoms with van der Waals surface area (Å²) in [6.07, 6.45) is 0.845. The zero-order valence-electron chi connectivity index (χ0n) is 12.0. The molecule has 0 aliphatic rings. The predicted octanol–water partition coefficient (Wildman–Crippen LogP) is 0.123. The van der Waals surface area contributed by atoms with E-state index in [1.807, 2.05) is 6.92 Å². The number of aromatic nitrogens is 2. The zero-order chi connectivity index (χ0) is 15.4. The lowest BCUT2D eigenvalue weighted by molar-refractivity contribution is -0.120. The lowest BCUT2D eigenvalue weighted by atomic mass is 10.2. The minimum atomic E-state index is -0.353. The van der Waals surface area contributed by atoms with Gasteiger partial charge >= 0.3 is 5.69 Å². The first-order valence-electron chi connectivity index (χ1n) is 6.76. The molecule has 0 unspecified atom stereocenters. The van der Waals surface area contributed by atoms with Crippen LogP contribution in [0.5, 0.6) is 0 Å². The first-order valence-corrected chi connectivity index (χ1v) is 6.76. The predicted molar refractivity (Wildman–Crippen MR) is 79.2 cm³/mol. The van der Waals surface area contributed by atoms with Gasteiger partial charge in [-0.3, -0.25) is 14.2 Å². The number of rotatable bonds is 5. The second kappa shape index (κ2) is 6.25. The highest BCUT2D eigenvalue weighted by Gasteiger charge is 2.10.